The van der Waals surface area contributed by atoms with Crippen LogP contribution in [-0.2, 0) is 0 Å². The molecule has 94 valence electrons. The van der Waals surface area contributed by atoms with Gasteiger partial charge in [0.25, 0.3) is 0 Å². The smallest absolute Gasteiger partial charge is 0.129 e. The SMILES string of the molecule is CC12CC(C1)[C@@H]([C@@H](O)c1ccccc1F)N2.Cl. The number of nitrogens with one attached hydrogen (secondary N) is 1. The molecule has 1 saturated carbocycles. The molecule has 2 heterocycles. The van der Waals surface area contributed by atoms with Crippen LogP contribution in [-0.4, -0.2) is 16.7 Å². The number of aliphatic hydroxyl groups is 1. The van der Waals surface area contributed by atoms with Crippen molar-refractivity contribution >= 4 is 12.4 Å². The molecule has 4 heteroatoms. The molecule has 2 bridgehead atoms. The number of aliphatic hydroxyl groups excluding tert-OH is 1. The Morgan fingerprint density at radius 3 is 2.59 bits per heavy atom. The molecule has 4 rings (SSSR count). The van der Waals surface area contributed by atoms with E-state index in [1.807, 2.05) is 0 Å². The monoisotopic (exact) mass is 257 g/mol. The first-order valence-electron chi connectivity index (χ1n) is 5.79. The van der Waals surface area contributed by atoms with Gasteiger partial charge in [-0.3, -0.25) is 0 Å². The van der Waals surface area contributed by atoms with E-state index < -0.39 is 6.10 Å². The molecule has 2 aliphatic heterocycles. The van der Waals surface area contributed by atoms with Crippen LogP contribution in [0.1, 0.15) is 31.4 Å². The standard InChI is InChI=1S/C13H16FNO.ClH/c1-13-6-8(7-13)11(15-13)12(16)9-4-2-3-5-10(9)14;/h2-5,8,11-12,15-16H,6-7H2,1H3;1H/t8?,11-,12-,13?;/m0./s1. The molecule has 3 fully saturated rings. The molecule has 1 aromatic rings. The van der Waals surface area contributed by atoms with Gasteiger partial charge in [-0.15, -0.1) is 12.4 Å². The molecule has 17 heavy (non-hydrogen) atoms. The molecule has 0 aromatic heterocycles. The van der Waals surface area contributed by atoms with Crippen LogP contribution in [0.2, 0.25) is 0 Å². The summed E-state index contributed by atoms with van der Waals surface area (Å²) in [5, 5.41) is 13.6. The molecule has 0 amide bonds. The Balaban J connectivity index is 0.00000108. The Morgan fingerprint density at radius 2 is 2.06 bits per heavy atom. The molecule has 0 unspecified atom stereocenters. The molecular formula is C13H17ClFNO. The summed E-state index contributed by atoms with van der Waals surface area (Å²) in [6.45, 7) is 2.16. The van der Waals surface area contributed by atoms with Gasteiger partial charge in [0.05, 0.1) is 6.10 Å². The second-order valence-corrected chi connectivity index (χ2v) is 5.37. The van der Waals surface area contributed by atoms with E-state index in [-0.39, 0.29) is 29.8 Å². The van der Waals surface area contributed by atoms with Crippen molar-refractivity contribution in [1.82, 2.24) is 5.32 Å². The van der Waals surface area contributed by atoms with Crippen molar-refractivity contribution in [2.45, 2.75) is 37.5 Å². The highest BCUT2D eigenvalue weighted by Gasteiger charge is 2.54. The Morgan fingerprint density at radius 1 is 1.41 bits per heavy atom. The fraction of sp³-hybridized carbons (Fsp3) is 0.538. The van der Waals surface area contributed by atoms with Gasteiger partial charge >= 0.3 is 0 Å². The van der Waals surface area contributed by atoms with Crippen LogP contribution in [0, 0.1) is 11.7 Å². The number of benzene rings is 1. The van der Waals surface area contributed by atoms with E-state index in [0.29, 0.717) is 11.5 Å². The Kier molecular flexibility index (Phi) is 3.19. The maximum Gasteiger partial charge on any atom is 0.129 e. The second-order valence-electron chi connectivity index (χ2n) is 5.37. The number of halogens is 2. The predicted molar refractivity (Wildman–Crippen MR) is 66.7 cm³/mol. The highest BCUT2D eigenvalue weighted by atomic mass is 35.5. The van der Waals surface area contributed by atoms with Crippen LogP contribution in [0.3, 0.4) is 0 Å². The summed E-state index contributed by atoms with van der Waals surface area (Å²) in [7, 11) is 0. The van der Waals surface area contributed by atoms with Crippen molar-refractivity contribution in [3.8, 4) is 0 Å². The molecular weight excluding hydrogens is 241 g/mol. The zero-order valence-electron chi connectivity index (χ0n) is 9.69. The van der Waals surface area contributed by atoms with Gasteiger partial charge < -0.3 is 10.4 Å². The molecule has 2 nitrogen and oxygen atoms in total. The third kappa shape index (κ3) is 1.96. The van der Waals surface area contributed by atoms with E-state index in [0.717, 1.165) is 12.8 Å². The van der Waals surface area contributed by atoms with Crippen molar-refractivity contribution in [3.63, 3.8) is 0 Å². The lowest BCUT2D eigenvalue weighted by molar-refractivity contribution is 0.118. The van der Waals surface area contributed by atoms with Crippen LogP contribution in [0.5, 0.6) is 0 Å². The summed E-state index contributed by atoms with van der Waals surface area (Å²) in [5.74, 6) is 0.186. The average molecular weight is 258 g/mol. The Bertz CT molecular complexity index is 420. The fourth-order valence-corrected chi connectivity index (χ4v) is 3.23. The van der Waals surface area contributed by atoms with Gasteiger partial charge in [0.1, 0.15) is 5.82 Å². The highest BCUT2D eigenvalue weighted by Crippen LogP contribution is 2.50. The third-order valence-corrected chi connectivity index (χ3v) is 4.01. The quantitative estimate of drug-likeness (QED) is 0.853. The Labute approximate surface area is 107 Å². The predicted octanol–water partition coefficient (Wildman–Crippen LogP) is 2.42. The van der Waals surface area contributed by atoms with Crippen LogP contribution in [0.15, 0.2) is 24.3 Å². The first-order valence-corrected chi connectivity index (χ1v) is 5.79. The summed E-state index contributed by atoms with van der Waals surface area (Å²) in [6, 6.07) is 6.50. The summed E-state index contributed by atoms with van der Waals surface area (Å²) < 4.78 is 13.5. The highest BCUT2D eigenvalue weighted by molar-refractivity contribution is 5.85. The van der Waals surface area contributed by atoms with E-state index in [4.69, 9.17) is 0 Å². The number of rotatable bonds is 2. The molecule has 1 aliphatic carbocycles. The topological polar surface area (TPSA) is 32.3 Å². The first-order chi connectivity index (χ1) is 7.59. The maximum atomic E-state index is 13.5. The van der Waals surface area contributed by atoms with E-state index in [2.05, 4.69) is 12.2 Å². The molecule has 2 N–H and O–H groups in total. The summed E-state index contributed by atoms with van der Waals surface area (Å²) in [4.78, 5) is 0. The fourth-order valence-electron chi connectivity index (χ4n) is 3.23. The van der Waals surface area contributed by atoms with E-state index in [9.17, 15) is 9.50 Å². The van der Waals surface area contributed by atoms with Gasteiger partial charge in [-0.1, -0.05) is 18.2 Å². The molecule has 0 spiro atoms. The molecule has 3 aliphatic rings. The van der Waals surface area contributed by atoms with Crippen molar-refractivity contribution in [2.24, 2.45) is 5.92 Å². The lowest BCUT2D eigenvalue weighted by Crippen LogP contribution is -2.40. The summed E-state index contributed by atoms with van der Waals surface area (Å²) in [5.41, 5.74) is 0.595. The number of fused-ring (bicyclic) bond motifs is 1. The minimum absolute atomic E-state index is 0. The normalized spacial score (nSPS) is 35.9. The van der Waals surface area contributed by atoms with E-state index in [1.165, 1.54) is 6.07 Å². The lowest BCUT2D eigenvalue weighted by atomic mass is 9.72. The Hall–Kier alpha value is -0.640. The van der Waals surface area contributed by atoms with Gasteiger partial charge in [-0.2, -0.15) is 0 Å². The largest absolute Gasteiger partial charge is 0.387 e. The van der Waals surface area contributed by atoms with E-state index in [1.54, 1.807) is 18.2 Å². The zero-order chi connectivity index (χ0) is 11.3. The van der Waals surface area contributed by atoms with Crippen molar-refractivity contribution in [2.75, 3.05) is 0 Å². The number of hydrogen-bond donors (Lipinski definition) is 2. The second kappa shape index (κ2) is 4.23. The van der Waals surface area contributed by atoms with Gasteiger partial charge in [-0.25, -0.2) is 4.39 Å². The van der Waals surface area contributed by atoms with Gasteiger partial charge in [-0.05, 0) is 31.7 Å². The van der Waals surface area contributed by atoms with E-state index >= 15 is 0 Å². The third-order valence-electron chi connectivity index (χ3n) is 4.01. The lowest BCUT2D eigenvalue weighted by Gasteiger charge is -2.33. The van der Waals surface area contributed by atoms with Crippen molar-refractivity contribution < 1.29 is 9.50 Å². The van der Waals surface area contributed by atoms with Gasteiger partial charge in [0.15, 0.2) is 0 Å². The average Bonchev–Trinajstić information content (AvgIpc) is 2.71. The first kappa shape index (κ1) is 12.8. The minimum Gasteiger partial charge on any atom is -0.387 e. The van der Waals surface area contributed by atoms with Gasteiger partial charge in [0, 0.05) is 17.1 Å². The molecule has 2 saturated heterocycles. The minimum atomic E-state index is -0.726. The molecule has 0 radical (unpaired) electrons. The van der Waals surface area contributed by atoms with Crippen LogP contribution in [0.4, 0.5) is 4.39 Å². The van der Waals surface area contributed by atoms with Crippen molar-refractivity contribution in [3.05, 3.63) is 35.6 Å². The van der Waals surface area contributed by atoms with Gasteiger partial charge in [0.2, 0.25) is 0 Å². The van der Waals surface area contributed by atoms with Crippen LogP contribution in [0.25, 0.3) is 0 Å². The maximum absolute atomic E-state index is 13.5. The van der Waals surface area contributed by atoms with Crippen LogP contribution >= 0.6 is 12.4 Å². The molecule has 1 aromatic carbocycles. The molecule has 2 atom stereocenters. The number of hydrogen-bond acceptors (Lipinski definition) is 2. The summed E-state index contributed by atoms with van der Waals surface area (Å²) in [6.07, 6.45) is 1.47. The zero-order valence-corrected chi connectivity index (χ0v) is 10.5. The summed E-state index contributed by atoms with van der Waals surface area (Å²) >= 11 is 0. The van der Waals surface area contributed by atoms with Crippen molar-refractivity contribution in [1.29, 1.82) is 0 Å². The van der Waals surface area contributed by atoms with Crippen LogP contribution < -0.4 is 5.32 Å².